The number of aldehydes is 1. The van der Waals surface area contributed by atoms with E-state index in [0.717, 1.165) is 13.0 Å². The van der Waals surface area contributed by atoms with Crippen LogP contribution in [0.15, 0.2) is 10.6 Å². The Labute approximate surface area is 95.6 Å². The van der Waals surface area contributed by atoms with E-state index in [9.17, 15) is 4.79 Å². The molecule has 0 N–H and O–H groups in total. The van der Waals surface area contributed by atoms with Gasteiger partial charge in [-0.15, -0.1) is 0 Å². The van der Waals surface area contributed by atoms with Crippen molar-refractivity contribution in [2.45, 2.75) is 45.2 Å². The Balaban J connectivity index is 2.00. The molecule has 1 unspecified atom stereocenters. The summed E-state index contributed by atoms with van der Waals surface area (Å²) in [6.07, 6.45) is 5.44. The Morgan fingerprint density at radius 3 is 3.12 bits per heavy atom. The highest BCUT2D eigenvalue weighted by Gasteiger charge is 2.27. The molecule has 16 heavy (non-hydrogen) atoms. The molecule has 0 radical (unpaired) electrons. The molecule has 0 amide bonds. The number of hydrogen-bond donors (Lipinski definition) is 0. The van der Waals surface area contributed by atoms with E-state index in [-0.39, 0.29) is 0 Å². The van der Waals surface area contributed by atoms with Gasteiger partial charge in [0.25, 0.3) is 0 Å². The summed E-state index contributed by atoms with van der Waals surface area (Å²) in [5, 5.41) is 0. The fraction of sp³-hybridized carbons (Fsp3) is 0.667. The van der Waals surface area contributed by atoms with Gasteiger partial charge in [-0.25, -0.2) is 4.98 Å². The van der Waals surface area contributed by atoms with Gasteiger partial charge >= 0.3 is 0 Å². The third kappa shape index (κ3) is 2.32. The molecule has 4 nitrogen and oxygen atoms in total. The third-order valence-corrected chi connectivity index (χ3v) is 3.18. The van der Waals surface area contributed by atoms with Crippen molar-refractivity contribution in [2.75, 3.05) is 6.54 Å². The molecule has 0 saturated carbocycles. The van der Waals surface area contributed by atoms with Crippen LogP contribution in [0.3, 0.4) is 0 Å². The summed E-state index contributed by atoms with van der Waals surface area (Å²) in [4.78, 5) is 17.1. The SMILES string of the molecule is CC(C)N1CCCC1Cc1ncc(C=O)o1. The maximum atomic E-state index is 10.5. The van der Waals surface area contributed by atoms with Crippen LogP contribution < -0.4 is 0 Å². The molecule has 1 aliphatic heterocycles. The summed E-state index contributed by atoms with van der Waals surface area (Å²) in [5.41, 5.74) is 0. The number of aromatic nitrogens is 1. The van der Waals surface area contributed by atoms with E-state index in [1.807, 2.05) is 0 Å². The molecule has 1 saturated heterocycles. The fourth-order valence-electron chi connectivity index (χ4n) is 2.43. The van der Waals surface area contributed by atoms with Crippen LogP contribution in [-0.4, -0.2) is 34.8 Å². The Bertz CT molecular complexity index is 360. The molecular weight excluding hydrogens is 204 g/mol. The van der Waals surface area contributed by atoms with E-state index >= 15 is 0 Å². The van der Waals surface area contributed by atoms with Crippen molar-refractivity contribution >= 4 is 6.29 Å². The standard InChI is InChI=1S/C12H18N2O2/c1-9(2)14-5-3-4-10(14)6-12-13-7-11(8-15)16-12/h7-10H,3-6H2,1-2H3. The van der Waals surface area contributed by atoms with Crippen LogP contribution in [0.2, 0.25) is 0 Å². The van der Waals surface area contributed by atoms with Gasteiger partial charge in [0.15, 0.2) is 17.9 Å². The van der Waals surface area contributed by atoms with Crippen molar-refractivity contribution in [1.82, 2.24) is 9.88 Å². The van der Waals surface area contributed by atoms with Crippen molar-refractivity contribution in [3.8, 4) is 0 Å². The van der Waals surface area contributed by atoms with Crippen LogP contribution in [-0.2, 0) is 6.42 Å². The number of carbonyl (C=O) groups excluding carboxylic acids is 1. The van der Waals surface area contributed by atoms with E-state index < -0.39 is 0 Å². The smallest absolute Gasteiger partial charge is 0.196 e. The highest BCUT2D eigenvalue weighted by molar-refractivity contribution is 5.69. The molecule has 0 spiro atoms. The van der Waals surface area contributed by atoms with E-state index in [1.165, 1.54) is 19.0 Å². The van der Waals surface area contributed by atoms with Crippen LogP contribution in [0.4, 0.5) is 0 Å². The minimum Gasteiger partial charge on any atom is -0.438 e. The van der Waals surface area contributed by atoms with Crippen LogP contribution in [0.25, 0.3) is 0 Å². The Morgan fingerprint density at radius 2 is 2.50 bits per heavy atom. The van der Waals surface area contributed by atoms with E-state index in [4.69, 9.17) is 4.42 Å². The monoisotopic (exact) mass is 222 g/mol. The zero-order chi connectivity index (χ0) is 11.5. The lowest BCUT2D eigenvalue weighted by Crippen LogP contribution is -2.36. The van der Waals surface area contributed by atoms with Gasteiger partial charge in [0.2, 0.25) is 0 Å². The molecule has 1 atom stereocenters. The largest absolute Gasteiger partial charge is 0.438 e. The van der Waals surface area contributed by atoms with Crippen LogP contribution >= 0.6 is 0 Å². The first-order chi connectivity index (χ1) is 7.70. The van der Waals surface area contributed by atoms with E-state index in [2.05, 4.69) is 23.7 Å². The van der Waals surface area contributed by atoms with Crippen molar-refractivity contribution < 1.29 is 9.21 Å². The number of rotatable bonds is 4. The summed E-state index contributed by atoms with van der Waals surface area (Å²) in [6, 6.07) is 1.08. The van der Waals surface area contributed by atoms with Crippen molar-refractivity contribution in [2.24, 2.45) is 0 Å². The molecule has 4 heteroatoms. The summed E-state index contributed by atoms with van der Waals surface area (Å²) in [6.45, 7) is 5.58. The maximum absolute atomic E-state index is 10.5. The van der Waals surface area contributed by atoms with Crippen LogP contribution in [0.5, 0.6) is 0 Å². The Kier molecular flexibility index (Phi) is 3.39. The molecule has 1 aliphatic rings. The Morgan fingerprint density at radius 1 is 1.69 bits per heavy atom. The first-order valence-electron chi connectivity index (χ1n) is 5.86. The highest BCUT2D eigenvalue weighted by Crippen LogP contribution is 2.23. The molecule has 88 valence electrons. The predicted molar refractivity (Wildman–Crippen MR) is 60.5 cm³/mol. The Hall–Kier alpha value is -1.16. The zero-order valence-electron chi connectivity index (χ0n) is 9.85. The van der Waals surface area contributed by atoms with Gasteiger partial charge in [-0.05, 0) is 33.2 Å². The third-order valence-electron chi connectivity index (χ3n) is 3.18. The minimum absolute atomic E-state index is 0.323. The molecule has 1 aromatic rings. The molecule has 0 aliphatic carbocycles. The van der Waals surface area contributed by atoms with Gasteiger partial charge in [-0.1, -0.05) is 0 Å². The number of hydrogen-bond acceptors (Lipinski definition) is 4. The lowest BCUT2D eigenvalue weighted by atomic mass is 10.1. The van der Waals surface area contributed by atoms with E-state index in [1.54, 1.807) is 0 Å². The summed E-state index contributed by atoms with van der Waals surface area (Å²) in [5.74, 6) is 1.00. The second-order valence-electron chi connectivity index (χ2n) is 4.61. The van der Waals surface area contributed by atoms with Crippen LogP contribution in [0, 0.1) is 0 Å². The number of carbonyl (C=O) groups is 1. The molecule has 1 aromatic heterocycles. The predicted octanol–water partition coefficient (Wildman–Crippen LogP) is 1.90. The average Bonchev–Trinajstić information content (AvgIpc) is 2.87. The number of oxazole rings is 1. The molecular formula is C12H18N2O2. The first-order valence-corrected chi connectivity index (χ1v) is 5.86. The normalized spacial score (nSPS) is 21.8. The molecule has 2 rings (SSSR count). The summed E-state index contributed by atoms with van der Waals surface area (Å²) in [7, 11) is 0. The zero-order valence-corrected chi connectivity index (χ0v) is 9.85. The molecule has 0 aromatic carbocycles. The summed E-state index contributed by atoms with van der Waals surface area (Å²) < 4.78 is 5.32. The highest BCUT2D eigenvalue weighted by atomic mass is 16.4. The minimum atomic E-state index is 0.323. The molecule has 1 fully saturated rings. The lowest BCUT2D eigenvalue weighted by molar-refractivity contribution is 0.109. The maximum Gasteiger partial charge on any atom is 0.196 e. The average molecular weight is 222 g/mol. The fourth-order valence-corrected chi connectivity index (χ4v) is 2.43. The second kappa shape index (κ2) is 4.78. The number of nitrogens with zero attached hydrogens (tertiary/aromatic N) is 2. The quantitative estimate of drug-likeness (QED) is 0.730. The lowest BCUT2D eigenvalue weighted by Gasteiger charge is -2.27. The van der Waals surface area contributed by atoms with Crippen molar-refractivity contribution in [3.63, 3.8) is 0 Å². The van der Waals surface area contributed by atoms with Gasteiger partial charge in [0.05, 0.1) is 6.20 Å². The van der Waals surface area contributed by atoms with Gasteiger partial charge in [-0.2, -0.15) is 0 Å². The van der Waals surface area contributed by atoms with Crippen molar-refractivity contribution in [1.29, 1.82) is 0 Å². The molecule has 0 bridgehead atoms. The van der Waals surface area contributed by atoms with Gasteiger partial charge in [-0.3, -0.25) is 9.69 Å². The van der Waals surface area contributed by atoms with Gasteiger partial charge in [0.1, 0.15) is 0 Å². The van der Waals surface area contributed by atoms with E-state index in [0.29, 0.717) is 30.0 Å². The van der Waals surface area contributed by atoms with Gasteiger partial charge in [0, 0.05) is 18.5 Å². The second-order valence-corrected chi connectivity index (χ2v) is 4.61. The van der Waals surface area contributed by atoms with Crippen molar-refractivity contribution in [3.05, 3.63) is 17.8 Å². The summed E-state index contributed by atoms with van der Waals surface area (Å²) >= 11 is 0. The first kappa shape index (κ1) is 11.3. The van der Waals surface area contributed by atoms with Crippen LogP contribution in [0.1, 0.15) is 43.1 Å². The number of likely N-dealkylation sites (tertiary alicyclic amines) is 1. The van der Waals surface area contributed by atoms with Gasteiger partial charge < -0.3 is 4.42 Å². The molecule has 2 heterocycles. The topological polar surface area (TPSA) is 46.3 Å².